The molecule has 1 aromatic carbocycles. The third kappa shape index (κ3) is 2.10. The van der Waals surface area contributed by atoms with E-state index in [0.29, 0.717) is 5.69 Å². The Hall–Kier alpha value is -2.56. The Morgan fingerprint density at radius 3 is 2.84 bits per heavy atom. The van der Waals surface area contributed by atoms with Crippen molar-refractivity contribution in [2.24, 2.45) is 7.05 Å². The maximum absolute atomic E-state index is 5.70. The van der Waals surface area contributed by atoms with Crippen LogP contribution in [0.15, 0.2) is 36.8 Å². The molecule has 3 N–H and O–H groups in total. The van der Waals surface area contributed by atoms with Crippen LogP contribution in [0.4, 0.5) is 17.2 Å². The molecule has 0 radical (unpaired) electrons. The second-order valence-electron chi connectivity index (χ2n) is 4.62. The zero-order valence-electron chi connectivity index (χ0n) is 10.9. The van der Waals surface area contributed by atoms with Gasteiger partial charge in [0.15, 0.2) is 0 Å². The third-order valence-electron chi connectivity index (χ3n) is 3.09. The van der Waals surface area contributed by atoms with Gasteiger partial charge in [0.25, 0.3) is 0 Å². The molecule has 0 saturated carbocycles. The second-order valence-corrected chi connectivity index (χ2v) is 4.62. The van der Waals surface area contributed by atoms with Crippen molar-refractivity contribution in [1.82, 2.24) is 14.5 Å². The lowest BCUT2D eigenvalue weighted by Crippen LogP contribution is -1.98. The van der Waals surface area contributed by atoms with Crippen LogP contribution in [0.2, 0.25) is 0 Å². The molecule has 0 aliphatic heterocycles. The van der Waals surface area contributed by atoms with Crippen molar-refractivity contribution in [3.63, 3.8) is 0 Å². The fourth-order valence-corrected chi connectivity index (χ4v) is 2.08. The van der Waals surface area contributed by atoms with Crippen LogP contribution in [-0.4, -0.2) is 14.5 Å². The van der Waals surface area contributed by atoms with Crippen molar-refractivity contribution in [3.8, 4) is 0 Å². The number of nitrogens with one attached hydrogen (secondary N) is 1. The number of anilines is 3. The van der Waals surface area contributed by atoms with Gasteiger partial charge < -0.3 is 15.6 Å². The van der Waals surface area contributed by atoms with E-state index in [2.05, 4.69) is 15.3 Å². The van der Waals surface area contributed by atoms with Crippen LogP contribution < -0.4 is 11.1 Å². The Morgan fingerprint density at radius 2 is 2.05 bits per heavy atom. The molecule has 0 aliphatic carbocycles. The average Bonchev–Trinajstić information content (AvgIpc) is 2.74. The lowest BCUT2D eigenvalue weighted by molar-refractivity contribution is 0.948. The van der Waals surface area contributed by atoms with Gasteiger partial charge >= 0.3 is 0 Å². The Labute approximate surface area is 111 Å². The number of aryl methyl sites for hydroxylation is 2. The third-order valence-corrected chi connectivity index (χ3v) is 3.09. The van der Waals surface area contributed by atoms with Gasteiger partial charge in [0, 0.05) is 12.7 Å². The van der Waals surface area contributed by atoms with Gasteiger partial charge in [-0.05, 0) is 36.8 Å². The molecule has 0 bridgehead atoms. The van der Waals surface area contributed by atoms with E-state index >= 15 is 0 Å². The summed E-state index contributed by atoms with van der Waals surface area (Å²) < 4.78 is 1.99. The predicted octanol–water partition coefficient (Wildman–Crippen LogP) is 2.60. The molecule has 19 heavy (non-hydrogen) atoms. The smallest absolute Gasteiger partial charge is 0.133 e. The first kappa shape index (κ1) is 11.5. The number of aromatic nitrogens is 3. The van der Waals surface area contributed by atoms with Gasteiger partial charge in [-0.1, -0.05) is 0 Å². The number of nitrogen functional groups attached to an aromatic ring is 1. The van der Waals surface area contributed by atoms with Gasteiger partial charge in [-0.15, -0.1) is 0 Å². The van der Waals surface area contributed by atoms with Crippen LogP contribution in [-0.2, 0) is 7.05 Å². The number of nitrogens with two attached hydrogens (primary N) is 1. The molecule has 0 spiro atoms. The van der Waals surface area contributed by atoms with Crippen molar-refractivity contribution in [3.05, 3.63) is 42.4 Å². The zero-order chi connectivity index (χ0) is 13.4. The summed E-state index contributed by atoms with van der Waals surface area (Å²) in [5.41, 5.74) is 10.4. The first-order valence-corrected chi connectivity index (χ1v) is 6.04. The normalized spacial score (nSPS) is 10.8. The molecule has 5 heteroatoms. The highest BCUT2D eigenvalue weighted by Gasteiger charge is 2.04. The molecule has 0 fully saturated rings. The summed E-state index contributed by atoms with van der Waals surface area (Å²) in [6.45, 7) is 1.98. The van der Waals surface area contributed by atoms with Crippen LogP contribution in [0.5, 0.6) is 0 Å². The minimum Gasteiger partial charge on any atom is -0.397 e. The van der Waals surface area contributed by atoms with Crippen molar-refractivity contribution in [2.45, 2.75) is 6.92 Å². The molecule has 5 nitrogen and oxygen atoms in total. The van der Waals surface area contributed by atoms with Gasteiger partial charge in [-0.25, -0.2) is 9.97 Å². The quantitative estimate of drug-likeness (QED) is 0.736. The van der Waals surface area contributed by atoms with E-state index < -0.39 is 0 Å². The standard InChI is InChI=1S/C14H15N5/c1-9-5-10(15)7-16-14(9)18-11-3-4-13-12(6-11)17-8-19(13)2/h3-8H,15H2,1-2H3,(H,16,18). The fraction of sp³-hybridized carbons (Fsp3) is 0.143. The molecule has 3 rings (SSSR count). The van der Waals surface area contributed by atoms with Gasteiger partial charge in [-0.2, -0.15) is 0 Å². The highest BCUT2D eigenvalue weighted by molar-refractivity contribution is 5.80. The molecule has 0 atom stereocenters. The van der Waals surface area contributed by atoms with Crippen molar-refractivity contribution in [2.75, 3.05) is 11.1 Å². The van der Waals surface area contributed by atoms with E-state index in [1.54, 1.807) is 12.5 Å². The average molecular weight is 253 g/mol. The molecule has 0 saturated heterocycles. The number of hydrogen-bond donors (Lipinski definition) is 2. The number of fused-ring (bicyclic) bond motifs is 1. The number of rotatable bonds is 2. The maximum Gasteiger partial charge on any atom is 0.133 e. The molecule has 0 aliphatic rings. The van der Waals surface area contributed by atoms with Crippen LogP contribution in [0, 0.1) is 6.92 Å². The predicted molar refractivity (Wildman–Crippen MR) is 77.4 cm³/mol. The molecule has 2 heterocycles. The maximum atomic E-state index is 5.70. The largest absolute Gasteiger partial charge is 0.397 e. The van der Waals surface area contributed by atoms with Crippen LogP contribution in [0.1, 0.15) is 5.56 Å². The van der Waals surface area contributed by atoms with E-state index in [4.69, 9.17) is 5.73 Å². The SMILES string of the molecule is Cc1cc(N)cnc1Nc1ccc2c(c1)ncn2C. The molecule has 3 aromatic rings. The minimum absolute atomic E-state index is 0.670. The highest BCUT2D eigenvalue weighted by Crippen LogP contribution is 2.22. The minimum atomic E-state index is 0.670. The van der Waals surface area contributed by atoms with Crippen LogP contribution in [0.3, 0.4) is 0 Å². The van der Waals surface area contributed by atoms with Crippen molar-refractivity contribution >= 4 is 28.2 Å². The molecule has 2 aromatic heterocycles. The summed E-state index contributed by atoms with van der Waals surface area (Å²) in [5, 5.41) is 3.28. The second kappa shape index (κ2) is 4.28. The summed E-state index contributed by atoms with van der Waals surface area (Å²) in [6.07, 6.45) is 3.45. The number of nitrogens with zero attached hydrogens (tertiary/aromatic N) is 3. The van der Waals surface area contributed by atoms with Gasteiger partial charge in [0.1, 0.15) is 5.82 Å². The van der Waals surface area contributed by atoms with Crippen molar-refractivity contribution < 1.29 is 0 Å². The first-order valence-electron chi connectivity index (χ1n) is 6.04. The van der Waals surface area contributed by atoms with Gasteiger partial charge in [0.2, 0.25) is 0 Å². The van der Waals surface area contributed by atoms with Gasteiger partial charge in [0.05, 0.1) is 29.2 Å². The van der Waals surface area contributed by atoms with E-state index in [9.17, 15) is 0 Å². The molecule has 0 unspecified atom stereocenters. The first-order chi connectivity index (χ1) is 9.13. The topological polar surface area (TPSA) is 68.8 Å². The number of benzene rings is 1. The summed E-state index contributed by atoms with van der Waals surface area (Å²) >= 11 is 0. The summed E-state index contributed by atoms with van der Waals surface area (Å²) in [6, 6.07) is 7.96. The Bertz CT molecular complexity index is 745. The molecular formula is C14H15N5. The summed E-state index contributed by atoms with van der Waals surface area (Å²) in [7, 11) is 1.98. The Balaban J connectivity index is 1.96. The van der Waals surface area contributed by atoms with Gasteiger partial charge in [-0.3, -0.25) is 0 Å². The Kier molecular flexibility index (Phi) is 2.59. The van der Waals surface area contributed by atoms with Crippen molar-refractivity contribution in [1.29, 1.82) is 0 Å². The summed E-state index contributed by atoms with van der Waals surface area (Å²) in [5.74, 6) is 0.810. The number of hydrogen-bond acceptors (Lipinski definition) is 4. The van der Waals surface area contributed by atoms with Crippen LogP contribution >= 0.6 is 0 Å². The molecular weight excluding hydrogens is 238 g/mol. The van der Waals surface area contributed by atoms with Crippen LogP contribution in [0.25, 0.3) is 11.0 Å². The number of imidazole rings is 1. The molecule has 0 amide bonds. The van der Waals surface area contributed by atoms with E-state index in [0.717, 1.165) is 28.1 Å². The fourth-order valence-electron chi connectivity index (χ4n) is 2.08. The highest BCUT2D eigenvalue weighted by atomic mass is 15.0. The lowest BCUT2D eigenvalue weighted by Gasteiger charge is -2.09. The molecule has 96 valence electrons. The monoisotopic (exact) mass is 253 g/mol. The van der Waals surface area contributed by atoms with E-state index in [1.807, 2.05) is 42.8 Å². The Morgan fingerprint density at radius 1 is 1.21 bits per heavy atom. The summed E-state index contributed by atoms with van der Waals surface area (Å²) in [4.78, 5) is 8.64. The van der Waals surface area contributed by atoms with E-state index in [-0.39, 0.29) is 0 Å². The number of pyridine rings is 1. The zero-order valence-corrected chi connectivity index (χ0v) is 10.9. The van der Waals surface area contributed by atoms with E-state index in [1.165, 1.54) is 0 Å². The lowest BCUT2D eigenvalue weighted by atomic mass is 10.2.